The summed E-state index contributed by atoms with van der Waals surface area (Å²) in [5.74, 6) is -0.471. The van der Waals surface area contributed by atoms with Crippen LogP contribution in [0.5, 0.6) is 0 Å². The lowest BCUT2D eigenvalue weighted by molar-refractivity contribution is -0.141. The molecule has 5 rings (SSSR count). The fraction of sp³-hybridized carbons (Fsp3) is 0.227. The molecule has 152 valence electrons. The second-order valence-electron chi connectivity index (χ2n) is 7.45. The third kappa shape index (κ3) is 3.02. The van der Waals surface area contributed by atoms with Gasteiger partial charge in [0, 0.05) is 5.56 Å². The minimum absolute atomic E-state index is 0.0243. The maximum absolute atomic E-state index is 13.2. The average Bonchev–Trinajstić information content (AvgIpc) is 3.32. The number of nitrogens with two attached hydrogens (primary N) is 1. The minimum atomic E-state index is -0.491. The fourth-order valence-electron chi connectivity index (χ4n) is 4.23. The third-order valence-electron chi connectivity index (χ3n) is 5.58. The number of urea groups is 1. The lowest BCUT2D eigenvalue weighted by Gasteiger charge is -2.30. The van der Waals surface area contributed by atoms with Crippen LogP contribution in [0.2, 0.25) is 0 Å². The van der Waals surface area contributed by atoms with Crippen LogP contribution >= 0.6 is 0 Å². The number of para-hydroxylation sites is 1. The Morgan fingerprint density at radius 3 is 2.50 bits per heavy atom. The van der Waals surface area contributed by atoms with Crippen molar-refractivity contribution in [1.82, 2.24) is 19.7 Å². The summed E-state index contributed by atoms with van der Waals surface area (Å²) in [7, 11) is 0. The highest BCUT2D eigenvalue weighted by atomic mass is 16.7. The Morgan fingerprint density at radius 1 is 1.10 bits per heavy atom. The molecule has 30 heavy (non-hydrogen) atoms. The standard InChI is InChI=1S/C22H21N5O3/c23-20(28)11-18-21-17(12-24-26(21)16-9-5-2-6-10-16)19-13-25(18)22(29)27(19)30-14-15-7-3-1-4-8-15/h1-10,12,18-19H,11,13-14H2,(H2,23,28)/t18-,19-/m1/s1. The predicted octanol–water partition coefficient (Wildman–Crippen LogP) is 2.71. The van der Waals surface area contributed by atoms with Crippen LogP contribution in [0.15, 0.2) is 66.9 Å². The van der Waals surface area contributed by atoms with Crippen molar-refractivity contribution in [1.29, 1.82) is 0 Å². The maximum atomic E-state index is 13.2. The van der Waals surface area contributed by atoms with Gasteiger partial charge in [0.2, 0.25) is 5.91 Å². The molecule has 1 saturated heterocycles. The Labute approximate surface area is 173 Å². The number of carbonyl (C=O) groups excluding carboxylic acids is 2. The van der Waals surface area contributed by atoms with Crippen LogP contribution in [0.25, 0.3) is 5.69 Å². The highest BCUT2D eigenvalue weighted by Gasteiger charge is 2.51. The number of rotatable bonds is 6. The second-order valence-corrected chi connectivity index (χ2v) is 7.45. The van der Waals surface area contributed by atoms with Gasteiger partial charge < -0.3 is 10.6 Å². The molecule has 0 saturated carbocycles. The van der Waals surface area contributed by atoms with Gasteiger partial charge in [-0.25, -0.2) is 9.48 Å². The number of aromatic nitrogens is 2. The molecule has 3 aromatic rings. The highest BCUT2D eigenvalue weighted by molar-refractivity contribution is 5.81. The van der Waals surface area contributed by atoms with E-state index >= 15 is 0 Å². The molecule has 2 N–H and O–H groups in total. The number of nitrogens with zero attached hydrogens (tertiary/aromatic N) is 4. The molecule has 3 heterocycles. The van der Waals surface area contributed by atoms with Gasteiger partial charge in [-0.15, -0.1) is 0 Å². The van der Waals surface area contributed by atoms with Gasteiger partial charge in [0.05, 0.1) is 36.6 Å². The summed E-state index contributed by atoms with van der Waals surface area (Å²) in [6.45, 7) is 0.707. The molecule has 0 spiro atoms. The van der Waals surface area contributed by atoms with Crippen LogP contribution in [-0.4, -0.2) is 38.2 Å². The van der Waals surface area contributed by atoms with Crippen molar-refractivity contribution in [2.24, 2.45) is 5.73 Å². The number of fused-ring (bicyclic) bond motifs is 4. The smallest absolute Gasteiger partial charge is 0.345 e. The summed E-state index contributed by atoms with van der Waals surface area (Å²) in [6, 6.07) is 18.3. The largest absolute Gasteiger partial charge is 0.370 e. The Kier molecular flexibility index (Phi) is 4.48. The van der Waals surface area contributed by atoms with Crippen molar-refractivity contribution in [2.45, 2.75) is 25.1 Å². The molecule has 0 radical (unpaired) electrons. The third-order valence-corrected chi connectivity index (χ3v) is 5.58. The summed E-state index contributed by atoms with van der Waals surface area (Å²) < 4.78 is 1.79. The van der Waals surface area contributed by atoms with E-state index < -0.39 is 11.9 Å². The van der Waals surface area contributed by atoms with E-state index in [1.54, 1.807) is 15.8 Å². The van der Waals surface area contributed by atoms with E-state index in [1.807, 2.05) is 60.7 Å². The van der Waals surface area contributed by atoms with E-state index in [4.69, 9.17) is 10.6 Å². The summed E-state index contributed by atoms with van der Waals surface area (Å²) in [5, 5.41) is 5.97. The zero-order valence-corrected chi connectivity index (χ0v) is 16.2. The molecular weight excluding hydrogens is 382 g/mol. The van der Waals surface area contributed by atoms with Gasteiger partial charge in [-0.2, -0.15) is 10.2 Å². The number of hydroxylamine groups is 2. The van der Waals surface area contributed by atoms with Gasteiger partial charge in [0.25, 0.3) is 0 Å². The number of carbonyl (C=O) groups is 2. The van der Waals surface area contributed by atoms with E-state index in [9.17, 15) is 9.59 Å². The van der Waals surface area contributed by atoms with Crippen LogP contribution in [0.4, 0.5) is 4.79 Å². The van der Waals surface area contributed by atoms with Gasteiger partial charge in [0.1, 0.15) is 12.6 Å². The lowest BCUT2D eigenvalue weighted by atomic mass is 9.95. The van der Waals surface area contributed by atoms with Crippen molar-refractivity contribution in [3.05, 3.63) is 83.7 Å². The Morgan fingerprint density at radius 2 is 1.80 bits per heavy atom. The van der Waals surface area contributed by atoms with Crippen molar-refractivity contribution < 1.29 is 14.4 Å². The predicted molar refractivity (Wildman–Crippen MR) is 108 cm³/mol. The van der Waals surface area contributed by atoms with Gasteiger partial charge in [-0.1, -0.05) is 48.5 Å². The molecule has 0 unspecified atom stereocenters. The van der Waals surface area contributed by atoms with Gasteiger partial charge in [-0.05, 0) is 17.7 Å². The van der Waals surface area contributed by atoms with E-state index in [0.29, 0.717) is 6.54 Å². The molecule has 2 atom stereocenters. The SMILES string of the molecule is NC(=O)C[C@@H]1c2c(cnn2-c2ccccc2)[C@H]2CN1C(=O)N2OCc1ccccc1. The van der Waals surface area contributed by atoms with Crippen LogP contribution in [-0.2, 0) is 16.2 Å². The molecule has 2 aliphatic heterocycles. The molecule has 0 aliphatic carbocycles. The fourth-order valence-corrected chi connectivity index (χ4v) is 4.23. The summed E-state index contributed by atoms with van der Waals surface area (Å²) in [6.07, 6.45) is 1.78. The summed E-state index contributed by atoms with van der Waals surface area (Å²) >= 11 is 0. The molecule has 2 aliphatic rings. The van der Waals surface area contributed by atoms with Crippen LogP contribution in [0, 0.1) is 0 Å². The van der Waals surface area contributed by atoms with E-state index in [2.05, 4.69) is 5.10 Å². The van der Waals surface area contributed by atoms with Gasteiger partial charge in [0.15, 0.2) is 0 Å². The lowest BCUT2D eigenvalue weighted by Crippen LogP contribution is -2.37. The first kappa shape index (κ1) is 18.4. The number of amides is 3. The first-order chi connectivity index (χ1) is 14.6. The van der Waals surface area contributed by atoms with Gasteiger partial charge in [-0.3, -0.25) is 9.63 Å². The first-order valence-electron chi connectivity index (χ1n) is 9.81. The van der Waals surface area contributed by atoms with E-state index in [-0.39, 0.29) is 25.1 Å². The zero-order chi connectivity index (χ0) is 20.7. The Hall–Kier alpha value is -3.65. The molecule has 8 nitrogen and oxygen atoms in total. The molecule has 3 amide bonds. The number of benzene rings is 2. The highest BCUT2D eigenvalue weighted by Crippen LogP contribution is 2.45. The zero-order valence-electron chi connectivity index (χ0n) is 16.2. The molecule has 1 fully saturated rings. The van der Waals surface area contributed by atoms with E-state index in [0.717, 1.165) is 22.5 Å². The van der Waals surface area contributed by atoms with Crippen molar-refractivity contribution in [3.8, 4) is 5.69 Å². The molecule has 1 aromatic heterocycles. The molecule has 2 bridgehead atoms. The average molecular weight is 403 g/mol. The normalized spacial score (nSPS) is 19.8. The van der Waals surface area contributed by atoms with Gasteiger partial charge >= 0.3 is 6.03 Å². The second kappa shape index (κ2) is 7.31. The quantitative estimate of drug-likeness (QED) is 0.685. The van der Waals surface area contributed by atoms with E-state index in [1.165, 1.54) is 5.06 Å². The number of hydrogen-bond acceptors (Lipinski definition) is 4. The first-order valence-corrected chi connectivity index (χ1v) is 9.81. The molecule has 8 heteroatoms. The summed E-state index contributed by atoms with van der Waals surface area (Å²) in [5.41, 5.74) is 9.04. The van der Waals surface area contributed by atoms with Crippen molar-refractivity contribution >= 4 is 11.9 Å². The van der Waals surface area contributed by atoms with Crippen LogP contribution in [0.3, 0.4) is 0 Å². The summed E-state index contributed by atoms with van der Waals surface area (Å²) in [4.78, 5) is 32.6. The maximum Gasteiger partial charge on any atom is 0.345 e. The Bertz CT molecular complexity index is 1080. The van der Waals surface area contributed by atoms with Crippen molar-refractivity contribution in [2.75, 3.05) is 6.54 Å². The number of primary amides is 1. The van der Waals surface area contributed by atoms with Crippen molar-refractivity contribution in [3.63, 3.8) is 0 Å². The molecular formula is C22H21N5O3. The Balaban J connectivity index is 1.52. The minimum Gasteiger partial charge on any atom is -0.370 e. The van der Waals surface area contributed by atoms with Crippen LogP contribution in [0.1, 0.15) is 35.3 Å². The van der Waals surface area contributed by atoms with Crippen LogP contribution < -0.4 is 5.73 Å². The number of hydrogen-bond donors (Lipinski definition) is 1. The monoisotopic (exact) mass is 403 g/mol. The molecule has 2 aromatic carbocycles. The topological polar surface area (TPSA) is 93.7 Å².